The molecule has 0 amide bonds. The van der Waals surface area contributed by atoms with Gasteiger partial charge in [-0.15, -0.1) is 0 Å². The van der Waals surface area contributed by atoms with Crippen molar-refractivity contribution >= 4 is 38.9 Å². The van der Waals surface area contributed by atoms with Crippen molar-refractivity contribution in [3.63, 3.8) is 0 Å². The number of allylic oxidation sites excluding steroid dienone is 4. The maximum absolute atomic E-state index is 9.68. The molecule has 0 saturated carbocycles. The third-order valence-corrected chi connectivity index (χ3v) is 7.09. The van der Waals surface area contributed by atoms with Crippen LogP contribution in [0.1, 0.15) is 49.9 Å². The van der Waals surface area contributed by atoms with Crippen molar-refractivity contribution in [1.29, 1.82) is 0 Å². The highest BCUT2D eigenvalue weighted by Gasteiger charge is 2.41. The first-order valence-corrected chi connectivity index (χ1v) is 13.0. The monoisotopic (exact) mass is 589 g/mol. The van der Waals surface area contributed by atoms with Crippen LogP contribution in [0, 0.1) is 0 Å². The number of para-hydroxylation sites is 1. The van der Waals surface area contributed by atoms with Crippen molar-refractivity contribution in [2.24, 2.45) is 0 Å². The fraction of sp³-hybridized carbons (Fsp3) is 0.0238. The van der Waals surface area contributed by atoms with Gasteiger partial charge >= 0.3 is 0 Å². The molecule has 1 aromatic heterocycles. The number of benzene rings is 6. The van der Waals surface area contributed by atoms with E-state index in [2.05, 4.69) is 0 Å². The molecule has 1 aliphatic heterocycles. The molecule has 0 radical (unpaired) electrons. The normalized spacial score (nSPS) is 25.0. The molecule has 0 spiro atoms. The number of aromatic nitrogens is 1. The van der Waals surface area contributed by atoms with Crippen molar-refractivity contribution in [3.05, 3.63) is 175 Å². The fourth-order valence-corrected chi connectivity index (χ4v) is 5.29. The van der Waals surface area contributed by atoms with Crippen LogP contribution in [0.15, 0.2) is 169 Å². The van der Waals surface area contributed by atoms with Gasteiger partial charge in [0, 0.05) is 40.6 Å². The lowest BCUT2D eigenvalue weighted by Gasteiger charge is -2.10. The summed E-state index contributed by atoms with van der Waals surface area (Å²) in [5.41, 5.74) is -7.50. The molecule has 0 saturated heterocycles. The summed E-state index contributed by atoms with van der Waals surface area (Å²) in [6.45, 7) is 0. The Kier molecular flexibility index (Phi) is 2.17. The van der Waals surface area contributed by atoms with Gasteiger partial charge in [-0.25, -0.2) is 0 Å². The van der Waals surface area contributed by atoms with Crippen LogP contribution in [0.25, 0.3) is 49.7 Å². The van der Waals surface area contributed by atoms with Crippen molar-refractivity contribution in [1.82, 2.24) is 9.14 Å². The summed E-state index contributed by atoms with van der Waals surface area (Å²) >= 11 is 0. The molecule has 1 unspecified atom stereocenters. The van der Waals surface area contributed by atoms with Gasteiger partial charge in [-0.1, -0.05) is 109 Å². The Balaban J connectivity index is 1.49. The van der Waals surface area contributed by atoms with Crippen LogP contribution in [0.2, 0.25) is 0 Å². The minimum absolute atomic E-state index is 0.431. The number of hydrogen-bond acceptors (Lipinski definition) is 0. The van der Waals surface area contributed by atoms with Gasteiger partial charge in [0.1, 0.15) is 0 Å². The minimum Gasteiger partial charge on any atom is -0.309 e. The van der Waals surface area contributed by atoms with E-state index in [0.29, 0.717) is 0 Å². The van der Waals surface area contributed by atoms with E-state index in [4.69, 9.17) is 24.7 Å². The van der Waals surface area contributed by atoms with Crippen LogP contribution < -0.4 is 4.58 Å². The lowest BCUT2D eigenvalue weighted by atomic mass is 9.89. The van der Waals surface area contributed by atoms with E-state index in [-0.39, 0.29) is 0 Å². The number of rotatable bonds is 4. The zero-order valence-electron chi connectivity index (χ0n) is 50.0. The first-order valence-electron chi connectivity index (χ1n) is 27.0. The summed E-state index contributed by atoms with van der Waals surface area (Å²) in [5, 5.41) is -1.02. The zero-order chi connectivity index (χ0) is 53.4. The fourth-order valence-electron chi connectivity index (χ4n) is 5.29. The third kappa shape index (κ3) is 3.78. The molecule has 2 nitrogen and oxygen atoms in total. The summed E-state index contributed by atoms with van der Waals surface area (Å²) in [6.07, 6.45) is 0. The Morgan fingerprint density at radius 3 is 1.86 bits per heavy atom. The Hall–Kier alpha value is -5.73. The molecular formula is C42H29N2+. The van der Waals surface area contributed by atoms with Gasteiger partial charge in [0.25, 0.3) is 0 Å². The molecule has 0 bridgehead atoms. The van der Waals surface area contributed by atoms with E-state index in [0.717, 1.165) is 9.14 Å². The largest absolute Gasteiger partial charge is 0.309 e. The molecule has 2 heterocycles. The van der Waals surface area contributed by atoms with E-state index in [1.165, 1.54) is 0 Å². The predicted molar refractivity (Wildman–Crippen MR) is 186 cm³/mol. The average Bonchev–Trinajstić information content (AvgIpc) is 3.88. The maximum atomic E-state index is 9.68. The summed E-state index contributed by atoms with van der Waals surface area (Å²) in [6, 6.07) is -25.8. The van der Waals surface area contributed by atoms with Crippen molar-refractivity contribution in [2.75, 3.05) is 0 Å². The van der Waals surface area contributed by atoms with Crippen LogP contribution in [-0.4, -0.2) is 10.3 Å². The van der Waals surface area contributed by atoms with Crippen molar-refractivity contribution < 1.29 is 38.4 Å². The lowest BCUT2D eigenvalue weighted by molar-refractivity contribution is 1.10. The van der Waals surface area contributed by atoms with E-state index < -0.39 is 248 Å². The first kappa shape index (κ1) is 9.64. The lowest BCUT2D eigenvalue weighted by Crippen LogP contribution is -2.14. The van der Waals surface area contributed by atoms with Crippen LogP contribution in [0.4, 0.5) is 11.4 Å². The van der Waals surface area contributed by atoms with Gasteiger partial charge < -0.3 is 4.57 Å². The molecule has 7 aromatic rings. The Bertz CT molecular complexity index is 3780. The summed E-state index contributed by atoms with van der Waals surface area (Å²) < 4.78 is 250. The van der Waals surface area contributed by atoms with Gasteiger partial charge in [0.15, 0.2) is 5.71 Å². The van der Waals surface area contributed by atoms with Crippen molar-refractivity contribution in [3.8, 4) is 27.9 Å². The van der Waals surface area contributed by atoms with E-state index >= 15 is 0 Å². The summed E-state index contributed by atoms with van der Waals surface area (Å²) in [4.78, 5) is 0. The molecule has 44 heavy (non-hydrogen) atoms. The molecule has 9 rings (SSSR count). The van der Waals surface area contributed by atoms with Gasteiger partial charge in [0.2, 0.25) is 11.4 Å². The van der Waals surface area contributed by atoms with E-state index in [1.54, 1.807) is 0 Å². The minimum atomic E-state index is -1.86. The second-order valence-electron chi connectivity index (χ2n) is 9.42. The van der Waals surface area contributed by atoms with Gasteiger partial charge in [-0.3, -0.25) is 0 Å². The average molecular weight is 590 g/mol. The molecule has 0 N–H and O–H groups in total. The maximum Gasteiger partial charge on any atom is 0.216 e. The van der Waals surface area contributed by atoms with E-state index in [1.807, 2.05) is 0 Å². The highest BCUT2D eigenvalue weighted by Crippen LogP contribution is 2.47. The Morgan fingerprint density at radius 1 is 0.545 bits per heavy atom. The smallest absolute Gasteiger partial charge is 0.216 e. The molecule has 2 aliphatic rings. The Labute approximate surface area is 296 Å². The SMILES string of the molecule is [2H]C1=C([2H])C2=[N+](c3c([2H])c([2H])c(-c4c([2H])c([2H])c([2H])c([2H])c4[2H])c([2H])c3[2H])c3c([2H])c([2H])c4c(c3C2C([2H])=C1[2H])c1c([2H])c([2H])c([2H])c([2H])c1n4-c1c([2H])c([2H])c(-c2c([2H])c([2H])c([2H])c([2H])c2[2H])c([2H])c1[2H]. The molecular weight excluding hydrogens is 532 g/mol. The first-order chi connectivity index (χ1) is 33.5. The molecule has 6 aromatic carbocycles. The highest BCUT2D eigenvalue weighted by molar-refractivity contribution is 6.19. The summed E-state index contributed by atoms with van der Waals surface area (Å²) in [7, 11) is 0. The van der Waals surface area contributed by atoms with Crippen LogP contribution in [-0.2, 0) is 0 Å². The molecule has 2 heteroatoms. The molecule has 1 atom stereocenters. The number of fused-ring (bicyclic) bond motifs is 7. The zero-order valence-corrected chi connectivity index (χ0v) is 22.0. The number of hydrogen-bond donors (Lipinski definition) is 0. The van der Waals surface area contributed by atoms with Crippen LogP contribution in [0.3, 0.4) is 0 Å². The second-order valence-corrected chi connectivity index (χ2v) is 9.42. The van der Waals surface area contributed by atoms with Crippen LogP contribution >= 0.6 is 0 Å². The topological polar surface area (TPSA) is 7.94 Å². The Morgan fingerprint density at radius 2 is 1.16 bits per heavy atom. The standard InChI is InChI=1S/C42H29N2/c1-3-11-29(12-4-1)31-19-23-33(24-20-31)43-37-17-9-7-15-35(37)41-39(43)27-28-40-42(41)36-16-8-10-18-38(36)44(40)34-25-21-32(22-26-34)30-13-5-2-6-14-30/h1-28,35H/q+1/i1D,2D,3D,4D,5D,6D,7D,8D,9D,10D,11D,12D,13D,14D,15D,16D,17D,18D,19D,20D,21D,22D,23D,24D,25D,26D,27D,28D. The summed E-state index contributed by atoms with van der Waals surface area (Å²) in [5.74, 6) is -1.86. The number of nitrogens with zero attached hydrogens (tertiary/aromatic N) is 2. The predicted octanol–water partition coefficient (Wildman–Crippen LogP) is 10.6. The van der Waals surface area contributed by atoms with Gasteiger partial charge in [0.05, 0.1) is 60.9 Å². The highest BCUT2D eigenvalue weighted by atomic mass is 15.1. The van der Waals surface area contributed by atoms with E-state index in [9.17, 15) is 13.7 Å². The second kappa shape index (κ2) is 9.93. The van der Waals surface area contributed by atoms with Crippen LogP contribution in [0.5, 0.6) is 0 Å². The quantitative estimate of drug-likeness (QED) is 0.180. The van der Waals surface area contributed by atoms with Crippen molar-refractivity contribution in [2.45, 2.75) is 5.92 Å². The molecule has 206 valence electrons. The third-order valence-electron chi connectivity index (χ3n) is 7.09. The van der Waals surface area contributed by atoms with Gasteiger partial charge in [-0.05, 0) is 58.5 Å². The van der Waals surface area contributed by atoms with Gasteiger partial charge in [-0.2, -0.15) is 4.58 Å². The molecule has 1 aliphatic carbocycles. The molecule has 0 fully saturated rings.